The standard InChI is InChI=1S/C23H27NO4/c1-15(2)19-11-8-9-16(3)22(19)24-23(26)17(4)28-21(25)14-13-18-10-6-7-12-20(18)27-5/h6-15,17H,1-5H3,(H,24,26)/b14-13+/t17-/m0/s1. The molecule has 28 heavy (non-hydrogen) atoms. The van der Waals surface area contributed by atoms with E-state index >= 15 is 0 Å². The van der Waals surface area contributed by atoms with Crippen molar-refractivity contribution in [3.8, 4) is 5.75 Å². The molecule has 2 aromatic rings. The summed E-state index contributed by atoms with van der Waals surface area (Å²) in [4.78, 5) is 24.6. The van der Waals surface area contributed by atoms with Crippen LogP contribution in [0.25, 0.3) is 6.08 Å². The second-order valence-corrected chi connectivity index (χ2v) is 6.84. The predicted molar refractivity (Wildman–Crippen MR) is 111 cm³/mol. The number of nitrogens with one attached hydrogen (secondary N) is 1. The van der Waals surface area contributed by atoms with Crippen molar-refractivity contribution in [1.29, 1.82) is 0 Å². The molecule has 0 aliphatic rings. The van der Waals surface area contributed by atoms with Crippen LogP contribution >= 0.6 is 0 Å². The number of carbonyl (C=O) groups excluding carboxylic acids is 2. The monoisotopic (exact) mass is 381 g/mol. The summed E-state index contributed by atoms with van der Waals surface area (Å²) in [5.41, 5.74) is 3.53. The molecular formula is C23H27NO4. The van der Waals surface area contributed by atoms with Crippen LogP contribution in [0.2, 0.25) is 0 Å². The Hall–Kier alpha value is -3.08. The van der Waals surface area contributed by atoms with Gasteiger partial charge in [0.05, 0.1) is 7.11 Å². The molecule has 0 spiro atoms. The number of anilines is 1. The zero-order valence-corrected chi connectivity index (χ0v) is 17.0. The summed E-state index contributed by atoms with van der Waals surface area (Å²) in [6.45, 7) is 7.62. The van der Waals surface area contributed by atoms with Crippen LogP contribution < -0.4 is 10.1 Å². The largest absolute Gasteiger partial charge is 0.496 e. The lowest BCUT2D eigenvalue weighted by atomic mass is 9.98. The van der Waals surface area contributed by atoms with E-state index in [1.807, 2.05) is 43.3 Å². The third kappa shape index (κ3) is 5.46. The Labute approximate surface area is 166 Å². The van der Waals surface area contributed by atoms with Crippen LogP contribution in [0, 0.1) is 6.92 Å². The van der Waals surface area contributed by atoms with Gasteiger partial charge >= 0.3 is 5.97 Å². The van der Waals surface area contributed by atoms with E-state index in [0.29, 0.717) is 5.75 Å². The van der Waals surface area contributed by atoms with Crippen molar-refractivity contribution in [2.24, 2.45) is 0 Å². The number of benzene rings is 2. The summed E-state index contributed by atoms with van der Waals surface area (Å²) >= 11 is 0. The first-order valence-electron chi connectivity index (χ1n) is 9.25. The third-order valence-electron chi connectivity index (χ3n) is 4.38. The molecule has 0 aliphatic carbocycles. The summed E-state index contributed by atoms with van der Waals surface area (Å²) in [7, 11) is 1.56. The van der Waals surface area contributed by atoms with Crippen LogP contribution in [0.15, 0.2) is 48.5 Å². The van der Waals surface area contributed by atoms with Crippen molar-refractivity contribution in [3.63, 3.8) is 0 Å². The van der Waals surface area contributed by atoms with Gasteiger partial charge in [-0.15, -0.1) is 0 Å². The number of hydrogen-bond acceptors (Lipinski definition) is 4. The van der Waals surface area contributed by atoms with Crippen molar-refractivity contribution in [3.05, 3.63) is 65.2 Å². The summed E-state index contributed by atoms with van der Waals surface area (Å²) < 4.78 is 10.5. The molecule has 2 aromatic carbocycles. The molecule has 5 heteroatoms. The van der Waals surface area contributed by atoms with Gasteiger partial charge in [0.25, 0.3) is 5.91 Å². The molecule has 0 saturated carbocycles. The van der Waals surface area contributed by atoms with Crippen LogP contribution in [0.5, 0.6) is 5.75 Å². The SMILES string of the molecule is COc1ccccc1/C=C/C(=O)O[C@@H](C)C(=O)Nc1c(C)cccc1C(C)C. The van der Waals surface area contributed by atoms with Crippen molar-refractivity contribution < 1.29 is 19.1 Å². The van der Waals surface area contributed by atoms with Gasteiger partial charge in [-0.05, 0) is 43.0 Å². The molecule has 1 amide bonds. The van der Waals surface area contributed by atoms with Crippen LogP contribution in [0.1, 0.15) is 43.4 Å². The summed E-state index contributed by atoms with van der Waals surface area (Å²) in [6, 6.07) is 13.2. The van der Waals surface area contributed by atoms with Crippen LogP contribution in [-0.2, 0) is 14.3 Å². The van der Waals surface area contributed by atoms with Crippen LogP contribution in [-0.4, -0.2) is 25.1 Å². The molecule has 0 fully saturated rings. The van der Waals surface area contributed by atoms with Gasteiger partial charge in [0.15, 0.2) is 6.10 Å². The fourth-order valence-corrected chi connectivity index (χ4v) is 2.80. The molecule has 5 nitrogen and oxygen atoms in total. The van der Waals surface area contributed by atoms with Crippen LogP contribution in [0.3, 0.4) is 0 Å². The summed E-state index contributed by atoms with van der Waals surface area (Å²) in [5, 5.41) is 2.90. The highest BCUT2D eigenvalue weighted by Crippen LogP contribution is 2.27. The second-order valence-electron chi connectivity index (χ2n) is 6.84. The van der Waals surface area contributed by atoms with Gasteiger partial charge in [0.2, 0.25) is 0 Å². The van der Waals surface area contributed by atoms with Gasteiger partial charge < -0.3 is 14.8 Å². The highest BCUT2D eigenvalue weighted by molar-refractivity contribution is 5.97. The van der Waals surface area contributed by atoms with Gasteiger partial charge in [0, 0.05) is 17.3 Å². The second kappa shape index (κ2) is 9.74. The number of esters is 1. The minimum Gasteiger partial charge on any atom is -0.496 e. The fourth-order valence-electron chi connectivity index (χ4n) is 2.80. The van der Waals surface area contributed by atoms with E-state index in [1.54, 1.807) is 26.2 Å². The Morgan fingerprint density at radius 3 is 2.43 bits per heavy atom. The lowest BCUT2D eigenvalue weighted by molar-refractivity contribution is -0.148. The van der Waals surface area contributed by atoms with Gasteiger partial charge in [-0.3, -0.25) is 4.79 Å². The number of aryl methyl sites for hydroxylation is 1. The molecule has 0 aliphatic heterocycles. The number of methoxy groups -OCH3 is 1. The van der Waals surface area contributed by atoms with E-state index in [4.69, 9.17) is 9.47 Å². The Balaban J connectivity index is 2.03. The van der Waals surface area contributed by atoms with Crippen molar-refractivity contribution >= 4 is 23.6 Å². The van der Waals surface area contributed by atoms with Crippen molar-refractivity contribution in [2.45, 2.75) is 39.7 Å². The number of para-hydroxylation sites is 2. The number of amides is 1. The van der Waals surface area contributed by atoms with E-state index in [9.17, 15) is 9.59 Å². The Morgan fingerprint density at radius 1 is 1.04 bits per heavy atom. The predicted octanol–water partition coefficient (Wildman–Crippen LogP) is 4.71. The zero-order valence-electron chi connectivity index (χ0n) is 17.0. The first-order chi connectivity index (χ1) is 13.3. The molecule has 0 radical (unpaired) electrons. The van der Waals surface area contributed by atoms with Crippen molar-refractivity contribution in [1.82, 2.24) is 0 Å². The van der Waals surface area contributed by atoms with E-state index in [-0.39, 0.29) is 11.8 Å². The fraction of sp³-hybridized carbons (Fsp3) is 0.304. The minimum absolute atomic E-state index is 0.261. The lowest BCUT2D eigenvalue weighted by Crippen LogP contribution is -2.30. The number of hydrogen-bond donors (Lipinski definition) is 1. The molecule has 1 N–H and O–H groups in total. The van der Waals surface area contributed by atoms with Gasteiger partial charge in [-0.25, -0.2) is 4.79 Å². The molecule has 1 atom stereocenters. The maximum Gasteiger partial charge on any atom is 0.331 e. The van der Waals surface area contributed by atoms with E-state index in [2.05, 4.69) is 19.2 Å². The molecule has 0 aromatic heterocycles. The highest BCUT2D eigenvalue weighted by atomic mass is 16.5. The Bertz CT molecular complexity index is 871. The molecule has 148 valence electrons. The van der Waals surface area contributed by atoms with Crippen molar-refractivity contribution in [2.75, 3.05) is 12.4 Å². The Morgan fingerprint density at radius 2 is 1.75 bits per heavy atom. The third-order valence-corrected chi connectivity index (χ3v) is 4.38. The van der Waals surface area contributed by atoms with Gasteiger partial charge in [-0.2, -0.15) is 0 Å². The quantitative estimate of drug-likeness (QED) is 0.557. The van der Waals surface area contributed by atoms with Gasteiger partial charge in [0.1, 0.15) is 5.75 Å². The topological polar surface area (TPSA) is 64.6 Å². The summed E-state index contributed by atoms with van der Waals surface area (Å²) in [6.07, 6.45) is 1.97. The highest BCUT2D eigenvalue weighted by Gasteiger charge is 2.19. The number of rotatable bonds is 7. The molecule has 0 saturated heterocycles. The van der Waals surface area contributed by atoms with Crippen LogP contribution in [0.4, 0.5) is 5.69 Å². The Kier molecular flexibility index (Phi) is 7.38. The zero-order chi connectivity index (χ0) is 20.7. The maximum absolute atomic E-state index is 12.5. The first-order valence-corrected chi connectivity index (χ1v) is 9.25. The average molecular weight is 381 g/mol. The molecular weight excluding hydrogens is 354 g/mol. The van der Waals surface area contributed by atoms with Gasteiger partial charge in [-0.1, -0.05) is 50.2 Å². The normalized spacial score (nSPS) is 12.1. The maximum atomic E-state index is 12.5. The first kappa shape index (κ1) is 21.2. The molecule has 0 unspecified atom stereocenters. The number of carbonyl (C=O) groups is 2. The minimum atomic E-state index is -0.922. The average Bonchev–Trinajstić information content (AvgIpc) is 2.67. The van der Waals surface area contributed by atoms with E-state index in [0.717, 1.165) is 22.4 Å². The number of ether oxygens (including phenoxy) is 2. The molecule has 0 heterocycles. The molecule has 0 bridgehead atoms. The summed E-state index contributed by atoms with van der Waals surface area (Å²) in [5.74, 6) is -0.0485. The molecule has 2 rings (SSSR count). The van der Waals surface area contributed by atoms with E-state index < -0.39 is 12.1 Å². The smallest absolute Gasteiger partial charge is 0.331 e. The van der Waals surface area contributed by atoms with E-state index in [1.165, 1.54) is 6.08 Å². The lowest BCUT2D eigenvalue weighted by Gasteiger charge is -2.18.